The van der Waals surface area contributed by atoms with E-state index in [1.165, 1.54) is 0 Å². The van der Waals surface area contributed by atoms with Crippen molar-refractivity contribution in [3.8, 4) is 5.75 Å². The highest BCUT2D eigenvalue weighted by atomic mass is 19.4. The third-order valence-electron chi connectivity index (χ3n) is 5.47. The second-order valence-electron chi connectivity index (χ2n) is 7.55. The number of anilines is 1. The first-order valence-electron chi connectivity index (χ1n) is 10.0. The largest absolute Gasteiger partial charge is 0.491 e. The van der Waals surface area contributed by atoms with Crippen LogP contribution in [0.25, 0.3) is 10.9 Å². The van der Waals surface area contributed by atoms with Gasteiger partial charge in [-0.25, -0.2) is 14.1 Å². The summed E-state index contributed by atoms with van der Waals surface area (Å²) in [6, 6.07) is 3.78. The minimum absolute atomic E-state index is 0.166. The number of amides is 1. The van der Waals surface area contributed by atoms with Crippen molar-refractivity contribution in [2.45, 2.75) is 44.3 Å². The van der Waals surface area contributed by atoms with E-state index in [-0.39, 0.29) is 22.6 Å². The van der Waals surface area contributed by atoms with Gasteiger partial charge in [-0.3, -0.25) is 4.79 Å². The number of fused-ring (bicyclic) bond motifs is 1. The number of alkyl halides is 3. The molecule has 11 heteroatoms. The van der Waals surface area contributed by atoms with Crippen LogP contribution >= 0.6 is 0 Å². The molecule has 0 bridgehead atoms. The minimum Gasteiger partial charge on any atom is -0.491 e. The van der Waals surface area contributed by atoms with Gasteiger partial charge in [0.1, 0.15) is 16.9 Å². The lowest BCUT2D eigenvalue weighted by molar-refractivity contribution is -0.141. The molecule has 6 nitrogen and oxygen atoms in total. The van der Waals surface area contributed by atoms with E-state index in [1.807, 2.05) is 0 Å². The zero-order chi connectivity index (χ0) is 23.0. The molecule has 1 amide bonds. The Balaban J connectivity index is 1.72. The highest BCUT2D eigenvalue weighted by Gasteiger charge is 2.33. The Morgan fingerprint density at radius 2 is 1.91 bits per heavy atom. The number of carbonyl (C=O) groups is 1. The molecule has 4 rings (SSSR count). The Bertz CT molecular complexity index is 1170. The number of hydrogen-bond acceptors (Lipinski definition) is 4. The first kappa shape index (κ1) is 22.0. The summed E-state index contributed by atoms with van der Waals surface area (Å²) in [4.78, 5) is 15.8. The topological polar surface area (TPSA) is 69.0 Å². The van der Waals surface area contributed by atoms with Gasteiger partial charge in [0.2, 0.25) is 5.95 Å². The van der Waals surface area contributed by atoms with Gasteiger partial charge in [-0.15, -0.1) is 0 Å². The minimum atomic E-state index is -4.74. The van der Waals surface area contributed by atoms with E-state index in [1.54, 1.807) is 0 Å². The second kappa shape index (κ2) is 8.36. The van der Waals surface area contributed by atoms with Gasteiger partial charge in [0.05, 0.1) is 24.2 Å². The maximum atomic E-state index is 15.1. The van der Waals surface area contributed by atoms with Crippen LogP contribution in [0.15, 0.2) is 24.3 Å². The van der Waals surface area contributed by atoms with Gasteiger partial charge < -0.3 is 10.1 Å². The number of rotatable bonds is 4. The van der Waals surface area contributed by atoms with Crippen molar-refractivity contribution < 1.29 is 31.5 Å². The fourth-order valence-electron chi connectivity index (χ4n) is 3.92. The number of pyridine rings is 1. The van der Waals surface area contributed by atoms with Crippen LogP contribution in [-0.4, -0.2) is 27.8 Å². The quantitative estimate of drug-likeness (QED) is 0.529. The predicted molar refractivity (Wildman–Crippen MR) is 106 cm³/mol. The summed E-state index contributed by atoms with van der Waals surface area (Å²) in [5.74, 6) is -3.17. The summed E-state index contributed by atoms with van der Waals surface area (Å²) < 4.78 is 75.0. The van der Waals surface area contributed by atoms with E-state index >= 15 is 8.78 Å². The van der Waals surface area contributed by atoms with Crippen LogP contribution < -0.4 is 10.1 Å². The number of nitrogens with zero attached hydrogens (tertiary/aromatic N) is 3. The lowest BCUT2D eigenvalue weighted by Crippen LogP contribution is -2.17. The van der Waals surface area contributed by atoms with Crippen LogP contribution in [-0.2, 0) is 6.18 Å². The lowest BCUT2D eigenvalue weighted by Gasteiger charge is -2.21. The van der Waals surface area contributed by atoms with E-state index in [9.17, 15) is 18.0 Å². The molecule has 0 radical (unpaired) electrons. The lowest BCUT2D eigenvalue weighted by atomic mass is 9.96. The van der Waals surface area contributed by atoms with E-state index in [0.29, 0.717) is 12.8 Å². The fraction of sp³-hybridized carbons (Fsp3) is 0.381. The molecular formula is C21H19F5N4O2. The molecule has 1 aliphatic rings. The highest BCUT2D eigenvalue weighted by Crippen LogP contribution is 2.38. The zero-order valence-electron chi connectivity index (χ0n) is 17.0. The van der Waals surface area contributed by atoms with Crippen molar-refractivity contribution in [2.24, 2.45) is 0 Å². The predicted octanol–water partition coefficient (Wildman–Crippen LogP) is 5.49. The average Bonchev–Trinajstić information content (AvgIpc) is 3.11. The Hall–Kier alpha value is -3.24. The maximum absolute atomic E-state index is 15.1. The number of hydrogen-bond donors (Lipinski definition) is 1. The van der Waals surface area contributed by atoms with Crippen molar-refractivity contribution >= 4 is 22.5 Å². The van der Waals surface area contributed by atoms with Crippen molar-refractivity contribution in [3.63, 3.8) is 0 Å². The molecule has 170 valence electrons. The normalized spacial score (nSPS) is 15.2. The molecule has 2 heterocycles. The molecule has 3 aromatic rings. The van der Waals surface area contributed by atoms with E-state index in [2.05, 4.69) is 15.4 Å². The van der Waals surface area contributed by atoms with Crippen molar-refractivity contribution in [3.05, 3.63) is 47.4 Å². The Labute approximate surface area is 179 Å². The maximum Gasteiger partial charge on any atom is 0.433 e. The van der Waals surface area contributed by atoms with Gasteiger partial charge in [0, 0.05) is 0 Å². The van der Waals surface area contributed by atoms with E-state index in [4.69, 9.17) is 4.74 Å². The fourth-order valence-corrected chi connectivity index (χ4v) is 3.92. The van der Waals surface area contributed by atoms with Gasteiger partial charge >= 0.3 is 6.18 Å². The Morgan fingerprint density at radius 3 is 2.56 bits per heavy atom. The monoisotopic (exact) mass is 454 g/mol. The number of aromatic nitrogens is 3. The number of ether oxygens (including phenoxy) is 1. The SMILES string of the molecule is COc1c(NC(=O)c2cccc(C(F)(F)F)n2)cc2c(F)n(C3CCCCC3)nc2c1F. The molecule has 1 saturated carbocycles. The van der Waals surface area contributed by atoms with E-state index < -0.39 is 41.0 Å². The van der Waals surface area contributed by atoms with Crippen LogP contribution in [0.3, 0.4) is 0 Å². The van der Waals surface area contributed by atoms with Crippen LogP contribution in [0.5, 0.6) is 5.75 Å². The smallest absolute Gasteiger partial charge is 0.433 e. The van der Waals surface area contributed by atoms with Gasteiger partial charge in [0.15, 0.2) is 11.6 Å². The molecule has 1 N–H and O–H groups in total. The molecule has 1 aromatic carbocycles. The molecular weight excluding hydrogens is 435 g/mol. The molecule has 0 saturated heterocycles. The standard InChI is InChI=1S/C21H19F5N4O2/c1-32-18-14(28-20(31)13-8-5-9-15(27-13)21(24,25)26)10-12-17(16(18)22)29-30(19(12)23)11-6-3-2-4-7-11/h5,8-11H,2-4,6-7H2,1H3,(H,28,31). The summed E-state index contributed by atoms with van der Waals surface area (Å²) >= 11 is 0. The van der Waals surface area contributed by atoms with E-state index in [0.717, 1.165) is 55.3 Å². The Morgan fingerprint density at radius 1 is 1.19 bits per heavy atom. The summed E-state index contributed by atoms with van der Waals surface area (Å²) in [5.41, 5.74) is -2.29. The number of benzene rings is 1. The van der Waals surface area contributed by atoms with Gasteiger partial charge in [-0.05, 0) is 31.0 Å². The van der Waals surface area contributed by atoms with Crippen LogP contribution in [0.4, 0.5) is 27.6 Å². The number of nitrogens with one attached hydrogen (secondary N) is 1. The summed E-state index contributed by atoms with van der Waals surface area (Å²) in [5, 5.41) is 6.20. The van der Waals surface area contributed by atoms with Gasteiger partial charge in [0.25, 0.3) is 5.91 Å². The molecule has 2 aromatic heterocycles. The van der Waals surface area contributed by atoms with Crippen LogP contribution in [0.2, 0.25) is 0 Å². The first-order valence-corrected chi connectivity index (χ1v) is 10.0. The third-order valence-corrected chi connectivity index (χ3v) is 5.47. The zero-order valence-corrected chi connectivity index (χ0v) is 17.0. The molecule has 1 fully saturated rings. The second-order valence-corrected chi connectivity index (χ2v) is 7.55. The molecule has 32 heavy (non-hydrogen) atoms. The number of methoxy groups -OCH3 is 1. The summed E-state index contributed by atoms with van der Waals surface area (Å²) in [6.07, 6.45) is -0.436. The van der Waals surface area contributed by atoms with Crippen molar-refractivity contribution in [2.75, 3.05) is 12.4 Å². The van der Waals surface area contributed by atoms with Crippen molar-refractivity contribution in [1.29, 1.82) is 0 Å². The van der Waals surface area contributed by atoms with Crippen LogP contribution in [0.1, 0.15) is 54.3 Å². The Kier molecular flexibility index (Phi) is 5.74. The molecule has 0 aliphatic heterocycles. The molecule has 1 aliphatic carbocycles. The van der Waals surface area contributed by atoms with Crippen molar-refractivity contribution in [1.82, 2.24) is 14.8 Å². The van der Waals surface area contributed by atoms with Gasteiger partial charge in [-0.1, -0.05) is 25.3 Å². The molecule has 0 spiro atoms. The van der Waals surface area contributed by atoms with Crippen LogP contribution in [0, 0.1) is 11.8 Å². The third kappa shape index (κ3) is 3.98. The average molecular weight is 454 g/mol. The summed E-state index contributed by atoms with van der Waals surface area (Å²) in [6.45, 7) is 0. The highest BCUT2D eigenvalue weighted by molar-refractivity contribution is 6.05. The summed E-state index contributed by atoms with van der Waals surface area (Å²) in [7, 11) is 1.15. The first-order chi connectivity index (χ1) is 15.2. The molecule has 0 unspecified atom stereocenters. The van der Waals surface area contributed by atoms with Gasteiger partial charge in [-0.2, -0.15) is 22.7 Å². The molecule has 0 atom stereocenters. The number of carbonyl (C=O) groups excluding carboxylic acids is 1. The number of halogens is 5.